The van der Waals surface area contributed by atoms with E-state index in [1.807, 2.05) is 0 Å². The summed E-state index contributed by atoms with van der Waals surface area (Å²) in [5.74, 6) is 0.508. The number of alkyl halides is 3. The molecule has 0 spiro atoms. The number of esters is 1. The molecule has 132 valence electrons. The van der Waals surface area contributed by atoms with Crippen LogP contribution in [0.4, 0.5) is 13.2 Å². The van der Waals surface area contributed by atoms with Gasteiger partial charge in [0, 0.05) is 0 Å². The molecule has 0 aliphatic heterocycles. The van der Waals surface area contributed by atoms with Crippen LogP contribution in [0.15, 0.2) is 0 Å². The zero-order chi connectivity index (χ0) is 17.0. The van der Waals surface area contributed by atoms with E-state index in [0.29, 0.717) is 37.0 Å². The molecule has 10 heteroatoms. The van der Waals surface area contributed by atoms with E-state index in [2.05, 4.69) is 4.74 Å². The average molecular weight is 378 g/mol. The van der Waals surface area contributed by atoms with Crippen molar-refractivity contribution in [3.63, 3.8) is 0 Å². The molecule has 4 rings (SSSR count). The number of rotatable bonds is 5. The van der Waals surface area contributed by atoms with Crippen molar-refractivity contribution in [2.24, 2.45) is 23.2 Å². The predicted molar refractivity (Wildman–Crippen MR) is 71.1 cm³/mol. The van der Waals surface area contributed by atoms with Crippen LogP contribution in [0.5, 0.6) is 0 Å². The van der Waals surface area contributed by atoms with Gasteiger partial charge in [0.2, 0.25) is 6.17 Å². The summed E-state index contributed by atoms with van der Waals surface area (Å²) in [6, 6.07) is 0. The summed E-state index contributed by atoms with van der Waals surface area (Å²) in [5, 5.41) is -5.10. The zero-order valence-electron chi connectivity index (χ0n) is 13.3. The molecule has 1 unspecified atom stereocenters. The van der Waals surface area contributed by atoms with Crippen molar-refractivity contribution < 1.29 is 65.2 Å². The van der Waals surface area contributed by atoms with E-state index in [4.69, 9.17) is 0 Å². The summed E-state index contributed by atoms with van der Waals surface area (Å²) in [4.78, 5) is 12.3. The van der Waals surface area contributed by atoms with Gasteiger partial charge in [-0.25, -0.2) is 12.8 Å². The van der Waals surface area contributed by atoms with Gasteiger partial charge in [-0.05, 0) is 56.3 Å². The van der Waals surface area contributed by atoms with Gasteiger partial charge in [0.15, 0.2) is 10.1 Å². The summed E-state index contributed by atoms with van der Waals surface area (Å²) >= 11 is 0. The average Bonchev–Trinajstić information content (AvgIpc) is 2.41. The number of halogens is 3. The summed E-state index contributed by atoms with van der Waals surface area (Å²) in [5.41, 5.74) is -0.750. The molecule has 0 aromatic heterocycles. The largest absolute Gasteiger partial charge is 1.00 e. The van der Waals surface area contributed by atoms with E-state index >= 15 is 0 Å². The molecule has 0 aromatic carbocycles. The van der Waals surface area contributed by atoms with Gasteiger partial charge in [-0.1, -0.05) is 0 Å². The maximum absolute atomic E-state index is 13.4. The SMILES string of the molecule is O=C(OCC(F)C(F)(F)S(=O)(=O)[O-])C12CC3CC(CC(C3)C1)C2.[Na+]. The van der Waals surface area contributed by atoms with Crippen molar-refractivity contribution in [1.82, 2.24) is 0 Å². The van der Waals surface area contributed by atoms with Crippen LogP contribution in [-0.4, -0.2) is 37.0 Å². The first-order chi connectivity index (χ1) is 10.5. The number of hydrogen-bond acceptors (Lipinski definition) is 5. The first-order valence-corrected chi connectivity index (χ1v) is 9.09. The summed E-state index contributed by atoms with van der Waals surface area (Å²) in [6.45, 7) is -1.42. The van der Waals surface area contributed by atoms with Gasteiger partial charge in [-0.15, -0.1) is 0 Å². The number of ether oxygens (including phenoxy) is 1. The van der Waals surface area contributed by atoms with Crippen molar-refractivity contribution in [2.75, 3.05) is 6.61 Å². The normalized spacial score (nSPS) is 36.1. The molecule has 4 fully saturated rings. The Labute approximate surface area is 160 Å². The Morgan fingerprint density at radius 3 is 1.96 bits per heavy atom. The number of hydrogen-bond donors (Lipinski definition) is 0. The van der Waals surface area contributed by atoms with E-state index in [-0.39, 0.29) is 29.6 Å². The first-order valence-electron chi connectivity index (χ1n) is 7.68. The van der Waals surface area contributed by atoms with Crippen LogP contribution in [-0.2, 0) is 19.6 Å². The van der Waals surface area contributed by atoms with E-state index in [9.17, 15) is 30.9 Å². The van der Waals surface area contributed by atoms with Crippen molar-refractivity contribution in [1.29, 1.82) is 0 Å². The van der Waals surface area contributed by atoms with Crippen molar-refractivity contribution in [3.05, 3.63) is 0 Å². The summed E-state index contributed by atoms with van der Waals surface area (Å²) < 4.78 is 75.3. The third-order valence-corrected chi connectivity index (χ3v) is 6.45. The van der Waals surface area contributed by atoms with Crippen LogP contribution in [0.2, 0.25) is 0 Å². The number of carbonyl (C=O) groups excluding carboxylic acids is 1. The van der Waals surface area contributed by atoms with E-state index in [0.717, 1.165) is 19.3 Å². The fourth-order valence-electron chi connectivity index (χ4n) is 4.92. The molecule has 5 nitrogen and oxygen atoms in total. The Morgan fingerprint density at radius 2 is 1.58 bits per heavy atom. The second-order valence-electron chi connectivity index (χ2n) is 7.28. The first kappa shape index (κ1) is 20.5. The second kappa shape index (κ2) is 6.72. The molecule has 0 saturated heterocycles. The monoisotopic (exact) mass is 378 g/mol. The van der Waals surface area contributed by atoms with Crippen molar-refractivity contribution in [2.45, 2.75) is 50.0 Å². The maximum atomic E-state index is 13.4. The smallest absolute Gasteiger partial charge is 0.743 e. The van der Waals surface area contributed by atoms with E-state index < -0.39 is 39.5 Å². The second-order valence-corrected chi connectivity index (χ2v) is 8.73. The Morgan fingerprint density at radius 1 is 1.17 bits per heavy atom. The Kier molecular flexibility index (Phi) is 5.73. The van der Waals surface area contributed by atoms with Gasteiger partial charge in [0.25, 0.3) is 0 Å². The van der Waals surface area contributed by atoms with Crippen LogP contribution in [0.1, 0.15) is 38.5 Å². The van der Waals surface area contributed by atoms with Gasteiger partial charge in [-0.2, -0.15) is 8.78 Å². The third kappa shape index (κ3) is 3.51. The molecule has 1 atom stereocenters. The molecule has 0 amide bonds. The van der Waals surface area contributed by atoms with Crippen molar-refractivity contribution in [3.8, 4) is 0 Å². The molecule has 24 heavy (non-hydrogen) atoms. The Hall–Kier alpha value is 0.170. The van der Waals surface area contributed by atoms with Gasteiger partial charge >= 0.3 is 40.8 Å². The molecule has 0 heterocycles. The standard InChI is InChI=1S/C14H19F3O5S.Na/c15-11(14(16,17)23(19,20)21)7-22-12(18)13-4-8-1-9(5-13)3-10(2-8)6-13;/h8-11H,1-7H2,(H,19,20,21);/q;+1/p-1. The minimum atomic E-state index is -6.14. The van der Waals surface area contributed by atoms with Crippen LogP contribution in [0, 0.1) is 23.2 Å². The fourth-order valence-corrected chi connectivity index (χ4v) is 5.30. The molecule has 4 bridgehead atoms. The maximum Gasteiger partial charge on any atom is 1.00 e. The Bertz CT molecular complexity index is 574. The molecule has 0 N–H and O–H groups in total. The van der Waals surface area contributed by atoms with Crippen LogP contribution in [0.25, 0.3) is 0 Å². The van der Waals surface area contributed by atoms with Gasteiger partial charge in [0.1, 0.15) is 6.61 Å². The number of carbonyl (C=O) groups is 1. The minimum absolute atomic E-state index is 0. The molecule has 4 saturated carbocycles. The van der Waals surface area contributed by atoms with Gasteiger partial charge in [-0.3, -0.25) is 4.79 Å². The summed E-state index contributed by atoms with van der Waals surface area (Å²) in [7, 11) is -6.14. The van der Waals surface area contributed by atoms with Crippen molar-refractivity contribution >= 4 is 16.1 Å². The van der Waals surface area contributed by atoms with Crippen LogP contribution in [0.3, 0.4) is 0 Å². The minimum Gasteiger partial charge on any atom is -0.743 e. The summed E-state index contributed by atoms with van der Waals surface area (Å²) in [6.07, 6.45) is 1.67. The fraction of sp³-hybridized carbons (Fsp3) is 0.929. The van der Waals surface area contributed by atoms with E-state index in [1.54, 1.807) is 0 Å². The molecule has 0 radical (unpaired) electrons. The topological polar surface area (TPSA) is 83.5 Å². The molecular formula is C14H18F3NaO5S. The Balaban J connectivity index is 0.00000208. The molecule has 0 aromatic rings. The predicted octanol–water partition coefficient (Wildman–Crippen LogP) is -0.774. The zero-order valence-corrected chi connectivity index (χ0v) is 16.2. The van der Waals surface area contributed by atoms with E-state index in [1.165, 1.54) is 0 Å². The third-order valence-electron chi connectivity index (χ3n) is 5.53. The van der Waals surface area contributed by atoms with Gasteiger partial charge in [0.05, 0.1) is 5.41 Å². The molecule has 4 aliphatic carbocycles. The molecular weight excluding hydrogens is 360 g/mol. The van der Waals surface area contributed by atoms with Gasteiger partial charge < -0.3 is 9.29 Å². The molecule has 4 aliphatic rings. The quantitative estimate of drug-likeness (QED) is 0.356. The van der Waals surface area contributed by atoms with Crippen LogP contribution < -0.4 is 29.6 Å². The van der Waals surface area contributed by atoms with Crippen LogP contribution >= 0.6 is 0 Å².